The third kappa shape index (κ3) is 3.41. The summed E-state index contributed by atoms with van der Waals surface area (Å²) in [6.07, 6.45) is 0. The van der Waals surface area contributed by atoms with Crippen molar-refractivity contribution in [3.05, 3.63) is 22.2 Å². The predicted molar refractivity (Wildman–Crippen MR) is 80.7 cm³/mol. The Morgan fingerprint density at radius 1 is 1.38 bits per heavy atom. The predicted octanol–water partition coefficient (Wildman–Crippen LogP) is 0.707. The summed E-state index contributed by atoms with van der Waals surface area (Å²) in [5, 5.41) is 20.1. The van der Waals surface area contributed by atoms with Crippen molar-refractivity contribution >= 4 is 21.7 Å². The van der Waals surface area contributed by atoms with Gasteiger partial charge in [0.1, 0.15) is 13.2 Å². The Morgan fingerprint density at radius 3 is 2.42 bits per heavy atom. The Kier molecular flexibility index (Phi) is 4.94. The van der Waals surface area contributed by atoms with Gasteiger partial charge in [0, 0.05) is 19.7 Å². The van der Waals surface area contributed by atoms with Crippen LogP contribution < -0.4 is 9.47 Å². The summed E-state index contributed by atoms with van der Waals surface area (Å²) in [7, 11) is -3.12. The Morgan fingerprint density at radius 2 is 1.92 bits per heavy atom. The first-order valence-electron chi connectivity index (χ1n) is 6.91. The van der Waals surface area contributed by atoms with E-state index in [0.717, 1.165) is 23.5 Å². The van der Waals surface area contributed by atoms with Crippen LogP contribution in [0.15, 0.2) is 17.0 Å². The summed E-state index contributed by atoms with van der Waals surface area (Å²) in [5.41, 5.74) is -0.658. The van der Waals surface area contributed by atoms with Crippen LogP contribution in [0.5, 0.6) is 11.5 Å². The van der Waals surface area contributed by atoms with Crippen LogP contribution in [-0.2, 0) is 14.8 Å². The maximum Gasteiger partial charge on any atom is 0.307 e. The first kappa shape index (κ1) is 17.9. The number of carboxylic acid groups (broad SMARTS) is 1. The molecule has 0 amide bonds. The van der Waals surface area contributed by atoms with Gasteiger partial charge in [-0.15, -0.1) is 0 Å². The summed E-state index contributed by atoms with van der Waals surface area (Å²) < 4.78 is 36.5. The first-order chi connectivity index (χ1) is 11.1. The number of nitrogens with zero attached hydrogens (tertiary/aromatic N) is 2. The highest BCUT2D eigenvalue weighted by molar-refractivity contribution is 7.89. The number of carbonyl (C=O) groups is 1. The lowest BCUT2D eigenvalue weighted by Gasteiger charge is -2.22. The molecule has 0 saturated carbocycles. The molecule has 1 N–H and O–H groups in total. The van der Waals surface area contributed by atoms with Gasteiger partial charge in [0.15, 0.2) is 16.4 Å². The van der Waals surface area contributed by atoms with Crippen molar-refractivity contribution in [3.8, 4) is 11.5 Å². The monoisotopic (exact) mass is 360 g/mol. The number of benzene rings is 1. The highest BCUT2D eigenvalue weighted by atomic mass is 32.2. The molecular weight excluding hydrogens is 344 g/mol. The number of ether oxygens (including phenoxy) is 2. The average Bonchev–Trinajstić information content (AvgIpc) is 2.53. The number of hydrogen-bond donors (Lipinski definition) is 1. The fraction of sp³-hybridized carbons (Fsp3) is 0.462. The fourth-order valence-corrected chi connectivity index (χ4v) is 3.55. The van der Waals surface area contributed by atoms with E-state index in [1.807, 2.05) is 0 Å². The molecule has 1 aromatic carbocycles. The van der Waals surface area contributed by atoms with E-state index in [0.29, 0.717) is 0 Å². The van der Waals surface area contributed by atoms with Gasteiger partial charge in [-0.1, -0.05) is 6.92 Å². The molecule has 0 aliphatic carbocycles. The molecule has 0 aromatic heterocycles. The molecule has 0 spiro atoms. The molecule has 24 heavy (non-hydrogen) atoms. The SMILES string of the molecule is CC(CN(C)S(=O)(=O)c1cc2c(cc1[N+](=O)[O-])OCCO2)C(=O)O. The van der Waals surface area contributed by atoms with Gasteiger partial charge in [0.2, 0.25) is 10.0 Å². The van der Waals surface area contributed by atoms with Gasteiger partial charge >= 0.3 is 5.97 Å². The van der Waals surface area contributed by atoms with Crippen LogP contribution in [0.4, 0.5) is 5.69 Å². The van der Waals surface area contributed by atoms with Gasteiger partial charge in [-0.2, -0.15) is 4.31 Å². The molecule has 0 saturated heterocycles. The van der Waals surface area contributed by atoms with Crippen LogP contribution in [-0.4, -0.2) is 55.5 Å². The summed E-state index contributed by atoms with van der Waals surface area (Å²) in [6.45, 7) is 1.40. The molecule has 0 radical (unpaired) electrons. The summed E-state index contributed by atoms with van der Waals surface area (Å²) in [5.74, 6) is -1.96. The maximum absolute atomic E-state index is 12.6. The largest absolute Gasteiger partial charge is 0.486 e. The van der Waals surface area contributed by atoms with Crippen molar-refractivity contribution in [2.75, 3.05) is 26.8 Å². The van der Waals surface area contributed by atoms with Gasteiger partial charge in [-0.3, -0.25) is 14.9 Å². The van der Waals surface area contributed by atoms with Crippen LogP contribution in [0.25, 0.3) is 0 Å². The zero-order valence-electron chi connectivity index (χ0n) is 13.0. The highest BCUT2D eigenvalue weighted by Gasteiger charge is 2.34. The van der Waals surface area contributed by atoms with Crippen LogP contribution in [0.2, 0.25) is 0 Å². The number of nitro benzene ring substituents is 1. The van der Waals surface area contributed by atoms with Gasteiger partial charge in [0.25, 0.3) is 5.69 Å². The Hall–Kier alpha value is -2.40. The van der Waals surface area contributed by atoms with E-state index in [2.05, 4.69) is 0 Å². The van der Waals surface area contributed by atoms with Gasteiger partial charge in [-0.05, 0) is 0 Å². The molecule has 1 aliphatic rings. The van der Waals surface area contributed by atoms with Crippen LogP contribution in [0, 0.1) is 16.0 Å². The Bertz CT molecular complexity index is 776. The minimum Gasteiger partial charge on any atom is -0.486 e. The van der Waals surface area contributed by atoms with E-state index >= 15 is 0 Å². The number of aliphatic carboxylic acids is 1. The lowest BCUT2D eigenvalue weighted by Crippen LogP contribution is -2.34. The van der Waals surface area contributed by atoms with Crippen LogP contribution >= 0.6 is 0 Å². The van der Waals surface area contributed by atoms with Crippen molar-refractivity contribution < 1.29 is 32.7 Å². The summed E-state index contributed by atoms with van der Waals surface area (Å²) >= 11 is 0. The lowest BCUT2D eigenvalue weighted by molar-refractivity contribution is -0.388. The van der Waals surface area contributed by atoms with Crippen molar-refractivity contribution in [2.45, 2.75) is 11.8 Å². The average molecular weight is 360 g/mol. The van der Waals surface area contributed by atoms with Crippen molar-refractivity contribution in [1.29, 1.82) is 0 Å². The van der Waals surface area contributed by atoms with Crippen LogP contribution in [0.3, 0.4) is 0 Å². The van der Waals surface area contributed by atoms with Crippen molar-refractivity contribution in [1.82, 2.24) is 4.31 Å². The maximum atomic E-state index is 12.6. The number of nitro groups is 1. The van der Waals surface area contributed by atoms with Crippen molar-refractivity contribution in [3.63, 3.8) is 0 Å². The molecule has 0 bridgehead atoms. The Balaban J connectivity index is 2.48. The number of rotatable bonds is 6. The molecular formula is C13H16N2O8S. The van der Waals surface area contributed by atoms with E-state index in [9.17, 15) is 23.3 Å². The van der Waals surface area contributed by atoms with E-state index in [1.54, 1.807) is 0 Å². The number of sulfonamides is 1. The summed E-state index contributed by atoms with van der Waals surface area (Å²) in [4.78, 5) is 20.7. The molecule has 1 heterocycles. The smallest absolute Gasteiger partial charge is 0.307 e. The topological polar surface area (TPSA) is 136 Å². The minimum absolute atomic E-state index is 0.0881. The molecule has 0 fully saturated rings. The van der Waals surface area contributed by atoms with Gasteiger partial charge < -0.3 is 14.6 Å². The third-order valence-electron chi connectivity index (χ3n) is 3.46. The number of hydrogen-bond acceptors (Lipinski definition) is 7. The zero-order chi connectivity index (χ0) is 18.1. The van der Waals surface area contributed by atoms with Gasteiger partial charge in [-0.25, -0.2) is 8.42 Å². The summed E-state index contributed by atoms with van der Waals surface area (Å²) in [6, 6.07) is 2.03. The molecule has 1 aliphatic heterocycles. The van der Waals surface area contributed by atoms with E-state index in [1.165, 1.54) is 6.92 Å². The quantitative estimate of drug-likeness (QED) is 0.578. The standard InChI is InChI=1S/C13H16N2O8S/c1-8(13(16)17)7-14(2)24(20,21)12-6-11-10(22-3-4-23-11)5-9(12)15(18)19/h5-6,8H,3-4,7H2,1-2H3,(H,16,17). The van der Waals surface area contributed by atoms with Gasteiger partial charge in [0.05, 0.1) is 16.9 Å². The van der Waals surface area contributed by atoms with E-state index < -0.39 is 37.4 Å². The molecule has 1 aromatic rings. The molecule has 11 heteroatoms. The Labute approximate surface area is 137 Å². The highest BCUT2D eigenvalue weighted by Crippen LogP contribution is 2.39. The third-order valence-corrected chi connectivity index (χ3v) is 5.31. The minimum atomic E-state index is -4.28. The first-order valence-corrected chi connectivity index (χ1v) is 8.35. The fourth-order valence-electron chi connectivity index (χ4n) is 2.14. The molecule has 10 nitrogen and oxygen atoms in total. The molecule has 1 atom stereocenters. The normalized spacial score (nSPS) is 15.1. The molecule has 1 unspecified atom stereocenters. The van der Waals surface area contributed by atoms with Crippen molar-refractivity contribution in [2.24, 2.45) is 5.92 Å². The second kappa shape index (κ2) is 6.61. The second-order valence-corrected chi connectivity index (χ2v) is 7.26. The lowest BCUT2D eigenvalue weighted by atomic mass is 10.2. The van der Waals surface area contributed by atoms with E-state index in [-0.39, 0.29) is 31.3 Å². The second-order valence-electron chi connectivity index (χ2n) is 5.25. The number of carboxylic acids is 1. The van der Waals surface area contributed by atoms with E-state index in [4.69, 9.17) is 14.6 Å². The zero-order valence-corrected chi connectivity index (χ0v) is 13.8. The van der Waals surface area contributed by atoms with Crippen LogP contribution in [0.1, 0.15) is 6.92 Å². The molecule has 2 rings (SSSR count). The number of fused-ring (bicyclic) bond motifs is 1. The molecule has 132 valence electrons.